The Hall–Kier alpha value is -0.570. The molecule has 0 saturated carbocycles. The van der Waals surface area contributed by atoms with E-state index in [9.17, 15) is 4.79 Å². The van der Waals surface area contributed by atoms with Gasteiger partial charge in [0.15, 0.2) is 0 Å². The highest BCUT2D eigenvalue weighted by atomic mass is 16.2. The van der Waals surface area contributed by atoms with Crippen molar-refractivity contribution in [2.24, 2.45) is 5.41 Å². The quantitative estimate of drug-likeness (QED) is 0.709. The zero-order valence-corrected chi connectivity index (χ0v) is 9.88. The van der Waals surface area contributed by atoms with E-state index in [1.165, 1.54) is 6.42 Å². The van der Waals surface area contributed by atoms with Gasteiger partial charge in [-0.2, -0.15) is 0 Å². The van der Waals surface area contributed by atoms with Gasteiger partial charge in [0.2, 0.25) is 5.91 Å². The first kappa shape index (κ1) is 10.9. The van der Waals surface area contributed by atoms with Gasteiger partial charge in [0.25, 0.3) is 0 Å². The minimum atomic E-state index is -0.0548. The molecule has 2 aliphatic heterocycles. The monoisotopic (exact) mass is 210 g/mol. The van der Waals surface area contributed by atoms with Crippen LogP contribution in [0.4, 0.5) is 0 Å². The summed E-state index contributed by atoms with van der Waals surface area (Å²) in [4.78, 5) is 14.5. The Kier molecular flexibility index (Phi) is 3.01. The molecule has 0 aromatic carbocycles. The Morgan fingerprint density at radius 3 is 2.73 bits per heavy atom. The number of carbonyl (C=O) groups excluding carboxylic acids is 1. The van der Waals surface area contributed by atoms with Crippen LogP contribution in [0.2, 0.25) is 0 Å². The second-order valence-corrected chi connectivity index (χ2v) is 5.31. The van der Waals surface area contributed by atoms with E-state index in [2.05, 4.69) is 24.1 Å². The van der Waals surface area contributed by atoms with Gasteiger partial charge >= 0.3 is 0 Å². The lowest BCUT2D eigenvalue weighted by Crippen LogP contribution is -2.55. The zero-order valence-electron chi connectivity index (χ0n) is 9.88. The van der Waals surface area contributed by atoms with E-state index in [1.54, 1.807) is 0 Å². The van der Waals surface area contributed by atoms with Crippen molar-refractivity contribution in [3.63, 3.8) is 0 Å². The molecule has 0 aliphatic carbocycles. The third-order valence-corrected chi connectivity index (χ3v) is 3.94. The van der Waals surface area contributed by atoms with Gasteiger partial charge in [-0.15, -0.1) is 0 Å². The average molecular weight is 210 g/mol. The van der Waals surface area contributed by atoms with Crippen LogP contribution in [0.15, 0.2) is 0 Å². The Morgan fingerprint density at radius 2 is 2.07 bits per heavy atom. The van der Waals surface area contributed by atoms with Crippen molar-refractivity contribution in [2.45, 2.75) is 45.6 Å². The first-order valence-corrected chi connectivity index (χ1v) is 6.16. The van der Waals surface area contributed by atoms with Crippen LogP contribution >= 0.6 is 0 Å². The van der Waals surface area contributed by atoms with Crippen LogP contribution in [0.5, 0.6) is 0 Å². The van der Waals surface area contributed by atoms with Gasteiger partial charge in [-0.1, -0.05) is 0 Å². The van der Waals surface area contributed by atoms with E-state index in [0.717, 1.165) is 38.9 Å². The number of hydrogen-bond acceptors (Lipinski definition) is 2. The molecular formula is C12H22N2O. The third-order valence-electron chi connectivity index (χ3n) is 3.94. The lowest BCUT2D eigenvalue weighted by molar-refractivity contribution is -0.137. The number of nitrogens with zero attached hydrogens (tertiary/aromatic N) is 1. The van der Waals surface area contributed by atoms with Crippen LogP contribution in [0, 0.1) is 5.41 Å². The fraction of sp³-hybridized carbons (Fsp3) is 0.917. The minimum Gasteiger partial charge on any atom is -0.356 e. The molecule has 0 aromatic rings. The molecule has 0 bridgehead atoms. The molecule has 1 spiro atoms. The molecule has 2 fully saturated rings. The van der Waals surface area contributed by atoms with Crippen LogP contribution < -0.4 is 5.32 Å². The predicted molar refractivity (Wildman–Crippen MR) is 60.6 cm³/mol. The molecule has 3 heteroatoms. The molecule has 86 valence electrons. The standard InChI is InChI=1S/C12H22N2O/c1-10(2)14-8-4-6-12(9-14)5-3-7-13-11(12)15/h10H,3-9H2,1-2H3,(H,13,15)/t12-/m1/s1. The molecule has 2 saturated heterocycles. The number of amides is 1. The fourth-order valence-electron chi connectivity index (χ4n) is 2.93. The lowest BCUT2D eigenvalue weighted by atomic mass is 9.73. The summed E-state index contributed by atoms with van der Waals surface area (Å²) in [6.45, 7) is 7.45. The van der Waals surface area contributed by atoms with Crippen LogP contribution in [0.25, 0.3) is 0 Å². The summed E-state index contributed by atoms with van der Waals surface area (Å²) >= 11 is 0. The molecule has 1 N–H and O–H groups in total. The molecule has 1 amide bonds. The highest BCUT2D eigenvalue weighted by Crippen LogP contribution is 2.37. The number of likely N-dealkylation sites (tertiary alicyclic amines) is 1. The van der Waals surface area contributed by atoms with Crippen LogP contribution in [-0.4, -0.2) is 36.5 Å². The van der Waals surface area contributed by atoms with E-state index < -0.39 is 0 Å². The SMILES string of the molecule is CC(C)N1CCC[C@]2(CCCNC2=O)C1. The van der Waals surface area contributed by atoms with Crippen molar-refractivity contribution in [3.8, 4) is 0 Å². The normalized spacial score (nSPS) is 33.4. The predicted octanol–water partition coefficient (Wildman–Crippen LogP) is 1.39. The van der Waals surface area contributed by atoms with Crippen molar-refractivity contribution >= 4 is 5.91 Å². The molecule has 1 atom stereocenters. The first-order valence-electron chi connectivity index (χ1n) is 6.16. The summed E-state index contributed by atoms with van der Waals surface area (Å²) in [5, 5.41) is 3.04. The second kappa shape index (κ2) is 4.12. The summed E-state index contributed by atoms with van der Waals surface area (Å²) in [7, 11) is 0. The Labute approximate surface area is 92.2 Å². The van der Waals surface area contributed by atoms with Crippen molar-refractivity contribution in [2.75, 3.05) is 19.6 Å². The highest BCUT2D eigenvalue weighted by Gasteiger charge is 2.43. The second-order valence-electron chi connectivity index (χ2n) is 5.31. The highest BCUT2D eigenvalue weighted by molar-refractivity contribution is 5.83. The van der Waals surface area contributed by atoms with E-state index in [-0.39, 0.29) is 5.41 Å². The molecular weight excluding hydrogens is 188 g/mol. The van der Waals surface area contributed by atoms with Gasteiger partial charge in [-0.3, -0.25) is 9.69 Å². The van der Waals surface area contributed by atoms with E-state index >= 15 is 0 Å². The van der Waals surface area contributed by atoms with Crippen LogP contribution in [0.3, 0.4) is 0 Å². The zero-order chi connectivity index (χ0) is 10.9. The molecule has 0 unspecified atom stereocenters. The topological polar surface area (TPSA) is 32.3 Å². The summed E-state index contributed by atoms with van der Waals surface area (Å²) in [6.07, 6.45) is 4.49. The van der Waals surface area contributed by atoms with Gasteiger partial charge in [-0.05, 0) is 46.1 Å². The number of nitrogens with one attached hydrogen (secondary N) is 1. The molecule has 0 radical (unpaired) electrons. The van der Waals surface area contributed by atoms with E-state index in [0.29, 0.717) is 11.9 Å². The molecule has 2 heterocycles. The Bertz CT molecular complexity index is 248. The van der Waals surface area contributed by atoms with Gasteiger partial charge in [-0.25, -0.2) is 0 Å². The van der Waals surface area contributed by atoms with Crippen molar-refractivity contribution in [3.05, 3.63) is 0 Å². The van der Waals surface area contributed by atoms with Crippen molar-refractivity contribution in [1.82, 2.24) is 10.2 Å². The number of hydrogen-bond donors (Lipinski definition) is 1. The molecule has 3 nitrogen and oxygen atoms in total. The molecule has 0 aromatic heterocycles. The maximum Gasteiger partial charge on any atom is 0.227 e. The summed E-state index contributed by atoms with van der Waals surface area (Å²) in [5.41, 5.74) is -0.0548. The van der Waals surface area contributed by atoms with Crippen LogP contribution in [-0.2, 0) is 4.79 Å². The van der Waals surface area contributed by atoms with Crippen molar-refractivity contribution < 1.29 is 4.79 Å². The molecule has 2 rings (SSSR count). The average Bonchev–Trinajstić information content (AvgIpc) is 2.23. The summed E-state index contributed by atoms with van der Waals surface area (Å²) in [6, 6.07) is 0.567. The maximum absolute atomic E-state index is 12.0. The maximum atomic E-state index is 12.0. The van der Waals surface area contributed by atoms with Gasteiger partial charge < -0.3 is 5.32 Å². The largest absolute Gasteiger partial charge is 0.356 e. The number of rotatable bonds is 1. The van der Waals surface area contributed by atoms with Crippen LogP contribution in [0.1, 0.15) is 39.5 Å². The lowest BCUT2D eigenvalue weighted by Gasteiger charge is -2.45. The summed E-state index contributed by atoms with van der Waals surface area (Å²) < 4.78 is 0. The molecule has 2 aliphatic rings. The summed E-state index contributed by atoms with van der Waals surface area (Å²) in [5.74, 6) is 0.305. The van der Waals surface area contributed by atoms with Gasteiger partial charge in [0.05, 0.1) is 5.41 Å². The number of carbonyl (C=O) groups is 1. The first-order chi connectivity index (χ1) is 7.14. The molecule has 15 heavy (non-hydrogen) atoms. The van der Waals surface area contributed by atoms with E-state index in [1.807, 2.05) is 0 Å². The smallest absolute Gasteiger partial charge is 0.227 e. The van der Waals surface area contributed by atoms with Gasteiger partial charge in [0.1, 0.15) is 0 Å². The number of piperidine rings is 2. The van der Waals surface area contributed by atoms with Crippen molar-refractivity contribution in [1.29, 1.82) is 0 Å². The minimum absolute atomic E-state index is 0.0548. The Balaban J connectivity index is 2.09. The van der Waals surface area contributed by atoms with Gasteiger partial charge in [0, 0.05) is 19.1 Å². The Morgan fingerprint density at radius 1 is 1.33 bits per heavy atom. The fourth-order valence-corrected chi connectivity index (χ4v) is 2.93. The third kappa shape index (κ3) is 2.03. The van der Waals surface area contributed by atoms with E-state index in [4.69, 9.17) is 0 Å².